The minimum Gasteiger partial charge on any atom is -0.379 e. The van der Waals surface area contributed by atoms with Crippen molar-refractivity contribution in [3.05, 3.63) is 48.3 Å². The summed E-state index contributed by atoms with van der Waals surface area (Å²) < 4.78 is 7.25. The molecule has 1 saturated carbocycles. The maximum atomic E-state index is 12.4. The Kier molecular flexibility index (Phi) is 4.81. The molecule has 2 aromatic rings. The molecule has 6 nitrogen and oxygen atoms in total. The van der Waals surface area contributed by atoms with Gasteiger partial charge in [0.05, 0.1) is 31.6 Å². The normalized spacial score (nSPS) is 23.4. The van der Waals surface area contributed by atoms with Crippen LogP contribution in [0.2, 0.25) is 0 Å². The number of hydrogen-bond donors (Lipinski definition) is 1. The van der Waals surface area contributed by atoms with Crippen molar-refractivity contribution >= 4 is 11.6 Å². The van der Waals surface area contributed by atoms with Crippen molar-refractivity contribution < 1.29 is 9.53 Å². The zero-order valence-electron chi connectivity index (χ0n) is 14.3. The summed E-state index contributed by atoms with van der Waals surface area (Å²) in [5, 5.41) is 7.36. The van der Waals surface area contributed by atoms with Gasteiger partial charge in [0.25, 0.3) is 0 Å². The Morgan fingerprint density at radius 3 is 2.80 bits per heavy atom. The first kappa shape index (κ1) is 16.3. The lowest BCUT2D eigenvalue weighted by atomic mass is 10.1. The van der Waals surface area contributed by atoms with Crippen molar-refractivity contribution in [2.24, 2.45) is 5.92 Å². The lowest BCUT2D eigenvalue weighted by Gasteiger charge is -2.26. The highest BCUT2D eigenvalue weighted by Crippen LogP contribution is 2.47. The van der Waals surface area contributed by atoms with E-state index in [1.807, 2.05) is 29.1 Å². The van der Waals surface area contributed by atoms with Crippen LogP contribution in [0.15, 0.2) is 42.7 Å². The monoisotopic (exact) mass is 340 g/mol. The molecule has 2 heterocycles. The lowest BCUT2D eigenvalue weighted by Crippen LogP contribution is -2.38. The number of aromatic nitrogens is 2. The molecule has 2 atom stereocenters. The van der Waals surface area contributed by atoms with Crippen LogP contribution in [-0.4, -0.2) is 53.4 Å². The lowest BCUT2D eigenvalue weighted by molar-refractivity contribution is -0.117. The fourth-order valence-corrected chi connectivity index (χ4v) is 3.41. The average molecular weight is 340 g/mol. The van der Waals surface area contributed by atoms with Gasteiger partial charge < -0.3 is 10.1 Å². The van der Waals surface area contributed by atoms with Gasteiger partial charge in [-0.15, -0.1) is 0 Å². The highest BCUT2D eigenvalue weighted by Gasteiger charge is 2.43. The summed E-state index contributed by atoms with van der Waals surface area (Å²) >= 11 is 0. The van der Waals surface area contributed by atoms with Crippen LogP contribution in [0.5, 0.6) is 0 Å². The Morgan fingerprint density at radius 2 is 2.00 bits per heavy atom. The molecule has 0 bridgehead atoms. The number of carbonyl (C=O) groups is 1. The zero-order valence-corrected chi connectivity index (χ0v) is 14.3. The molecule has 2 aliphatic rings. The maximum absolute atomic E-state index is 12.4. The smallest absolute Gasteiger partial charge is 0.228 e. The number of nitrogens with one attached hydrogen (secondary N) is 1. The van der Waals surface area contributed by atoms with Gasteiger partial charge in [-0.25, -0.2) is 0 Å². The SMILES string of the molecule is O=C(Nc1cnn(CCN2CCOCC2)c1)C1CC1c1ccccc1. The fraction of sp³-hybridized carbons (Fsp3) is 0.474. The van der Waals surface area contributed by atoms with E-state index in [-0.39, 0.29) is 11.8 Å². The van der Waals surface area contributed by atoms with Crippen LogP contribution in [0.4, 0.5) is 5.69 Å². The van der Waals surface area contributed by atoms with E-state index in [2.05, 4.69) is 27.4 Å². The Balaban J connectivity index is 1.26. The van der Waals surface area contributed by atoms with Crippen molar-refractivity contribution in [3.63, 3.8) is 0 Å². The van der Waals surface area contributed by atoms with E-state index >= 15 is 0 Å². The van der Waals surface area contributed by atoms with Crippen LogP contribution in [0, 0.1) is 5.92 Å². The van der Waals surface area contributed by atoms with Crippen LogP contribution in [0.1, 0.15) is 17.9 Å². The van der Waals surface area contributed by atoms with Gasteiger partial charge in [0, 0.05) is 31.7 Å². The van der Waals surface area contributed by atoms with Gasteiger partial charge in [0.15, 0.2) is 0 Å². The van der Waals surface area contributed by atoms with E-state index < -0.39 is 0 Å². The molecule has 0 radical (unpaired) electrons. The molecule has 4 rings (SSSR count). The summed E-state index contributed by atoms with van der Waals surface area (Å²) in [5.41, 5.74) is 2.04. The Morgan fingerprint density at radius 1 is 1.20 bits per heavy atom. The topological polar surface area (TPSA) is 59.4 Å². The number of carbonyl (C=O) groups excluding carboxylic acids is 1. The molecule has 0 spiro atoms. The summed E-state index contributed by atoms with van der Waals surface area (Å²) in [5.74, 6) is 0.540. The third-order valence-electron chi connectivity index (χ3n) is 5.00. The fourth-order valence-electron chi connectivity index (χ4n) is 3.41. The first-order chi connectivity index (χ1) is 12.3. The van der Waals surface area contributed by atoms with Crippen LogP contribution >= 0.6 is 0 Å². The average Bonchev–Trinajstić information content (AvgIpc) is 3.35. The van der Waals surface area contributed by atoms with Crippen molar-refractivity contribution in [2.45, 2.75) is 18.9 Å². The van der Waals surface area contributed by atoms with E-state index in [1.165, 1.54) is 5.56 Å². The Bertz CT molecular complexity index is 709. The molecule has 25 heavy (non-hydrogen) atoms. The predicted molar refractivity (Wildman–Crippen MR) is 95.4 cm³/mol. The number of anilines is 1. The Labute approximate surface area is 147 Å². The summed E-state index contributed by atoms with van der Waals surface area (Å²) in [6.45, 7) is 5.36. The number of hydrogen-bond acceptors (Lipinski definition) is 4. The molecule has 1 aromatic heterocycles. The second-order valence-corrected chi connectivity index (χ2v) is 6.79. The van der Waals surface area contributed by atoms with Gasteiger partial charge in [-0.05, 0) is 17.9 Å². The van der Waals surface area contributed by atoms with Gasteiger partial charge in [-0.1, -0.05) is 30.3 Å². The van der Waals surface area contributed by atoms with Gasteiger partial charge in [0.2, 0.25) is 5.91 Å². The first-order valence-corrected chi connectivity index (χ1v) is 8.98. The first-order valence-electron chi connectivity index (χ1n) is 8.98. The highest BCUT2D eigenvalue weighted by molar-refractivity contribution is 5.95. The van der Waals surface area contributed by atoms with Gasteiger partial charge in [0.1, 0.15) is 0 Å². The minimum absolute atomic E-state index is 0.0825. The molecule has 6 heteroatoms. The molecule has 2 unspecified atom stereocenters. The van der Waals surface area contributed by atoms with Crippen LogP contribution in [-0.2, 0) is 16.1 Å². The molecule has 1 amide bonds. The second kappa shape index (κ2) is 7.37. The van der Waals surface area contributed by atoms with Crippen molar-refractivity contribution in [1.29, 1.82) is 0 Å². The van der Waals surface area contributed by atoms with Crippen molar-refractivity contribution in [3.8, 4) is 0 Å². The summed E-state index contributed by atoms with van der Waals surface area (Å²) in [6.07, 6.45) is 4.58. The van der Waals surface area contributed by atoms with E-state index in [0.29, 0.717) is 5.92 Å². The zero-order chi connectivity index (χ0) is 17.1. The number of nitrogens with zero attached hydrogens (tertiary/aromatic N) is 3. The van der Waals surface area contributed by atoms with Gasteiger partial charge in [-0.2, -0.15) is 5.10 Å². The third kappa shape index (κ3) is 4.08. The molecule has 132 valence electrons. The maximum Gasteiger partial charge on any atom is 0.228 e. The number of benzene rings is 1. The largest absolute Gasteiger partial charge is 0.379 e. The van der Waals surface area contributed by atoms with Crippen LogP contribution in [0.25, 0.3) is 0 Å². The third-order valence-corrected chi connectivity index (χ3v) is 5.00. The summed E-state index contributed by atoms with van der Waals surface area (Å²) in [7, 11) is 0. The molecule has 1 saturated heterocycles. The molecular weight excluding hydrogens is 316 g/mol. The van der Waals surface area contributed by atoms with E-state index in [1.54, 1.807) is 6.20 Å². The predicted octanol–water partition coefficient (Wildman–Crippen LogP) is 1.96. The molecule has 1 N–H and O–H groups in total. The van der Waals surface area contributed by atoms with E-state index in [9.17, 15) is 4.79 Å². The number of amides is 1. The second-order valence-electron chi connectivity index (χ2n) is 6.79. The van der Waals surface area contributed by atoms with E-state index in [4.69, 9.17) is 4.74 Å². The van der Waals surface area contributed by atoms with Crippen molar-refractivity contribution in [1.82, 2.24) is 14.7 Å². The van der Waals surface area contributed by atoms with E-state index in [0.717, 1.165) is 51.5 Å². The molecule has 1 aliphatic carbocycles. The highest BCUT2D eigenvalue weighted by atomic mass is 16.5. The molecule has 1 aliphatic heterocycles. The quantitative estimate of drug-likeness (QED) is 0.873. The molecule has 1 aromatic carbocycles. The summed E-state index contributed by atoms with van der Waals surface area (Å²) in [6, 6.07) is 10.3. The number of rotatable bonds is 6. The molecule has 2 fully saturated rings. The molecular formula is C19H24N4O2. The number of morpholine rings is 1. The van der Waals surface area contributed by atoms with Crippen LogP contribution < -0.4 is 5.32 Å². The Hall–Kier alpha value is -2.18. The van der Waals surface area contributed by atoms with Crippen LogP contribution in [0.3, 0.4) is 0 Å². The van der Waals surface area contributed by atoms with Gasteiger partial charge in [-0.3, -0.25) is 14.4 Å². The van der Waals surface area contributed by atoms with Gasteiger partial charge >= 0.3 is 0 Å². The number of ether oxygens (including phenoxy) is 1. The summed E-state index contributed by atoms with van der Waals surface area (Å²) in [4.78, 5) is 14.8. The minimum atomic E-state index is 0.0825. The standard InChI is InChI=1S/C19H24N4O2/c24-19(18-12-17(18)15-4-2-1-3-5-15)21-16-13-20-23(14-16)7-6-22-8-10-25-11-9-22/h1-5,13-14,17-18H,6-12H2,(H,21,24). The van der Waals surface area contributed by atoms with Crippen molar-refractivity contribution in [2.75, 3.05) is 38.2 Å².